The van der Waals surface area contributed by atoms with Crippen molar-refractivity contribution in [2.75, 3.05) is 0 Å². The number of benzene rings is 7. The zero-order valence-electron chi connectivity index (χ0n) is 33.7. The van der Waals surface area contributed by atoms with Gasteiger partial charge in [-0.2, -0.15) is 0 Å². The summed E-state index contributed by atoms with van der Waals surface area (Å²) in [6.45, 7) is 10.1. The molecule has 2 aliphatic heterocycles. The number of hydrogen-bond donors (Lipinski definition) is 0. The maximum atomic E-state index is 10.1. The van der Waals surface area contributed by atoms with Crippen molar-refractivity contribution in [3.63, 3.8) is 0 Å². The van der Waals surface area contributed by atoms with E-state index < -0.39 is 30.1 Å². The lowest BCUT2D eigenvalue weighted by atomic mass is 9.89. The molecule has 0 atom stereocenters. The van der Waals surface area contributed by atoms with E-state index in [9.17, 15) is 1.37 Å². The van der Waals surface area contributed by atoms with Gasteiger partial charge in [0.15, 0.2) is 8.07 Å². The SMILES string of the molecule is [2H]C1(c2ccc([Si](c3ccccc3)(c3ccccc3)c3cccc4c3Sc3ccccc3[Si]4(C)C)cc2-c2cccc3c2Sc2ccccc2[Si]3(C)C)CCCC1. The minimum atomic E-state index is -2.99. The molecule has 0 N–H and O–H groups in total. The fraction of sp³-hybridized carbons (Fsp3) is 0.176. The van der Waals surface area contributed by atoms with Crippen LogP contribution in [-0.4, -0.2) is 24.2 Å². The minimum Gasteiger partial charge on any atom is -0.0904 e. The van der Waals surface area contributed by atoms with Crippen molar-refractivity contribution in [1.29, 1.82) is 0 Å². The van der Waals surface area contributed by atoms with Crippen LogP contribution in [0.5, 0.6) is 0 Å². The molecule has 0 radical (unpaired) electrons. The van der Waals surface area contributed by atoms with Gasteiger partial charge in [0.25, 0.3) is 0 Å². The van der Waals surface area contributed by atoms with Crippen molar-refractivity contribution in [2.24, 2.45) is 0 Å². The second kappa shape index (κ2) is 14.1. The second-order valence-corrected chi connectivity index (χ2v) is 31.4. The average Bonchev–Trinajstić information content (AvgIpc) is 3.69. The van der Waals surface area contributed by atoms with Crippen molar-refractivity contribution in [3.8, 4) is 11.1 Å². The van der Waals surface area contributed by atoms with Crippen LogP contribution >= 0.6 is 23.5 Å². The van der Waals surface area contributed by atoms with Crippen LogP contribution in [0.1, 0.15) is 38.5 Å². The Labute approximate surface area is 346 Å². The van der Waals surface area contributed by atoms with Gasteiger partial charge < -0.3 is 0 Å². The Morgan fingerprint density at radius 1 is 0.482 bits per heavy atom. The van der Waals surface area contributed by atoms with Crippen LogP contribution in [0.3, 0.4) is 0 Å². The van der Waals surface area contributed by atoms with E-state index in [1.54, 1.807) is 5.19 Å². The summed E-state index contributed by atoms with van der Waals surface area (Å²) < 4.78 is 10.1. The Kier molecular flexibility index (Phi) is 8.81. The fourth-order valence-corrected chi connectivity index (χ4v) is 26.8. The molecule has 0 bridgehead atoms. The lowest BCUT2D eigenvalue weighted by Crippen LogP contribution is -2.76. The highest BCUT2D eigenvalue weighted by Crippen LogP contribution is 2.44. The molecule has 0 saturated heterocycles. The van der Waals surface area contributed by atoms with Crippen molar-refractivity contribution in [3.05, 3.63) is 169 Å². The summed E-state index contributed by atoms with van der Waals surface area (Å²) in [7, 11) is -7.01. The Hall–Kier alpha value is -4.11. The van der Waals surface area contributed by atoms with Crippen LogP contribution in [0.25, 0.3) is 11.1 Å². The molecule has 10 rings (SSSR count). The largest absolute Gasteiger partial charge is 0.180 e. The quantitative estimate of drug-likeness (QED) is 0.122. The Morgan fingerprint density at radius 3 is 1.59 bits per heavy atom. The standard InChI is InChI=1S/C51H48S2Si3/c1-54(2)45-28-15-13-26-43(45)52-50-41(25-17-30-47(50)54)42-35-39(33-34-40(42)36-19-11-12-20-36)56(37-21-7-5-8-22-37,38-23-9-6-10-24-38)49-32-18-31-48-51(49)53-44-27-14-16-29-46(44)55(48,3)4/h5-10,13-18,21-36H,11-12,19-20H2,1-4H3/i36D. The molecule has 0 aromatic heterocycles. The van der Waals surface area contributed by atoms with E-state index in [0.717, 1.165) is 25.7 Å². The third kappa shape index (κ3) is 5.60. The lowest BCUT2D eigenvalue weighted by molar-refractivity contribution is 0.725. The molecule has 0 nitrogen and oxygen atoms in total. The highest BCUT2D eigenvalue weighted by molar-refractivity contribution is 8.00. The third-order valence-electron chi connectivity index (χ3n) is 13.1. The van der Waals surface area contributed by atoms with Gasteiger partial charge in [-0.1, -0.05) is 214 Å². The normalized spacial score (nSPS) is 17.5. The first-order valence-corrected chi connectivity index (χ1v) is 29.9. The molecule has 1 saturated carbocycles. The van der Waals surface area contributed by atoms with E-state index in [0.29, 0.717) is 0 Å². The van der Waals surface area contributed by atoms with E-state index in [1.165, 1.54) is 72.6 Å². The number of fused-ring (bicyclic) bond motifs is 4. The zero-order chi connectivity index (χ0) is 39.0. The molecule has 1 aliphatic carbocycles. The van der Waals surface area contributed by atoms with Crippen molar-refractivity contribution in [2.45, 2.75) is 77.3 Å². The highest BCUT2D eigenvalue weighted by atomic mass is 32.2. The van der Waals surface area contributed by atoms with Gasteiger partial charge in [-0.3, -0.25) is 0 Å². The van der Waals surface area contributed by atoms with E-state index in [2.05, 4.69) is 190 Å². The van der Waals surface area contributed by atoms with Gasteiger partial charge in [0.05, 0.1) is 0 Å². The first kappa shape index (κ1) is 35.1. The average molecular weight is 810 g/mol. The van der Waals surface area contributed by atoms with Gasteiger partial charge >= 0.3 is 0 Å². The molecule has 7 aromatic carbocycles. The maximum Gasteiger partial charge on any atom is 0.180 e. The summed E-state index contributed by atoms with van der Waals surface area (Å²) in [6, 6.07) is 63.1. The number of rotatable bonds is 6. The third-order valence-corrected chi connectivity index (χ3v) is 28.3. The second-order valence-electron chi connectivity index (χ2n) is 16.9. The lowest BCUT2D eigenvalue weighted by Gasteiger charge is -2.40. The van der Waals surface area contributed by atoms with Gasteiger partial charge in [-0.05, 0) is 89.1 Å². The van der Waals surface area contributed by atoms with Crippen LogP contribution in [0, 0.1) is 0 Å². The molecule has 3 aliphatic rings. The van der Waals surface area contributed by atoms with Crippen molar-refractivity contribution < 1.29 is 1.37 Å². The van der Waals surface area contributed by atoms with Crippen molar-refractivity contribution >= 4 is 89.2 Å². The molecule has 0 spiro atoms. The predicted molar refractivity (Wildman–Crippen MR) is 251 cm³/mol. The molecular weight excluding hydrogens is 761 g/mol. The van der Waals surface area contributed by atoms with Crippen LogP contribution in [0.2, 0.25) is 26.2 Å². The number of hydrogen-bond acceptors (Lipinski definition) is 2. The van der Waals surface area contributed by atoms with Gasteiger partial charge in [0.2, 0.25) is 0 Å². The maximum absolute atomic E-state index is 10.1. The summed E-state index contributed by atoms with van der Waals surface area (Å²) in [5.41, 5.74) is 3.77. The molecule has 2 heterocycles. The molecular formula is C51H48S2Si3. The highest BCUT2D eigenvalue weighted by Gasteiger charge is 2.47. The van der Waals surface area contributed by atoms with Crippen LogP contribution in [0.4, 0.5) is 0 Å². The molecule has 56 heavy (non-hydrogen) atoms. The van der Waals surface area contributed by atoms with Gasteiger partial charge in [0.1, 0.15) is 16.1 Å². The fourth-order valence-electron chi connectivity index (χ4n) is 10.2. The Balaban J connectivity index is 1.31. The zero-order valence-corrected chi connectivity index (χ0v) is 37.4. The van der Waals surface area contributed by atoms with E-state index in [4.69, 9.17) is 0 Å². The summed E-state index contributed by atoms with van der Waals surface area (Å²) >= 11 is 3.96. The minimum absolute atomic E-state index is 0.606. The monoisotopic (exact) mass is 809 g/mol. The molecule has 276 valence electrons. The summed E-state index contributed by atoms with van der Waals surface area (Å²) in [6.07, 6.45) is 4.04. The van der Waals surface area contributed by atoms with Crippen LogP contribution < -0.4 is 41.5 Å². The summed E-state index contributed by atoms with van der Waals surface area (Å²) in [4.78, 5) is 5.66. The van der Waals surface area contributed by atoms with Crippen LogP contribution in [0.15, 0.2) is 183 Å². The Bertz CT molecular complexity index is 2630. The van der Waals surface area contributed by atoms with Gasteiger partial charge in [0, 0.05) is 21.0 Å². The van der Waals surface area contributed by atoms with Crippen molar-refractivity contribution in [1.82, 2.24) is 0 Å². The molecule has 0 amide bonds. The smallest absolute Gasteiger partial charge is 0.0904 e. The topological polar surface area (TPSA) is 0 Å². The summed E-state index contributed by atoms with van der Waals surface area (Å²) in [5.74, 6) is -0.606. The van der Waals surface area contributed by atoms with Crippen LogP contribution in [-0.2, 0) is 0 Å². The summed E-state index contributed by atoms with van der Waals surface area (Å²) in [5, 5.41) is 11.8. The van der Waals surface area contributed by atoms with Gasteiger partial charge in [-0.25, -0.2) is 0 Å². The van der Waals surface area contributed by atoms with E-state index >= 15 is 0 Å². The molecule has 5 heteroatoms. The van der Waals surface area contributed by atoms with Gasteiger partial charge in [-0.15, -0.1) is 0 Å². The first-order chi connectivity index (χ1) is 27.6. The molecule has 7 aromatic rings. The molecule has 1 fully saturated rings. The van der Waals surface area contributed by atoms with E-state index in [-0.39, 0.29) is 0 Å². The first-order valence-electron chi connectivity index (χ1n) is 20.7. The Morgan fingerprint density at radius 2 is 0.982 bits per heavy atom. The molecule has 0 unspecified atom stereocenters. The van der Waals surface area contributed by atoms with E-state index in [1.807, 2.05) is 23.5 Å². The predicted octanol–water partition coefficient (Wildman–Crippen LogP) is 8.96.